The Morgan fingerprint density at radius 1 is 1.56 bits per heavy atom. The molecule has 0 saturated carbocycles. The van der Waals surface area contributed by atoms with Gasteiger partial charge in [0.05, 0.1) is 4.92 Å². The van der Waals surface area contributed by atoms with E-state index in [0.717, 1.165) is 5.56 Å². The van der Waals surface area contributed by atoms with Gasteiger partial charge in [-0.05, 0) is 5.56 Å². The molecule has 84 valence electrons. The van der Waals surface area contributed by atoms with Crippen LogP contribution in [0.15, 0.2) is 30.3 Å². The Morgan fingerprint density at radius 2 is 2.31 bits per heavy atom. The van der Waals surface area contributed by atoms with Crippen LogP contribution in [0.3, 0.4) is 0 Å². The predicted octanol–water partition coefficient (Wildman–Crippen LogP) is 2.89. The first-order chi connectivity index (χ1) is 7.59. The number of nitro groups is 1. The predicted molar refractivity (Wildman–Crippen MR) is 65.3 cm³/mol. The van der Waals surface area contributed by atoms with E-state index >= 15 is 0 Å². The van der Waals surface area contributed by atoms with Crippen LogP contribution >= 0.6 is 11.8 Å². The van der Waals surface area contributed by atoms with E-state index in [1.165, 1.54) is 30.8 Å². The first kappa shape index (κ1) is 12.4. The van der Waals surface area contributed by atoms with E-state index in [1.807, 2.05) is 6.08 Å². The van der Waals surface area contributed by atoms with E-state index in [-0.39, 0.29) is 10.8 Å². The number of non-ortho nitro benzene ring substituents is 1. The van der Waals surface area contributed by atoms with E-state index in [9.17, 15) is 14.9 Å². The van der Waals surface area contributed by atoms with Crippen molar-refractivity contribution < 1.29 is 9.72 Å². The molecule has 0 bridgehead atoms. The lowest BCUT2D eigenvalue weighted by atomic mass is 10.2. The molecule has 0 aliphatic heterocycles. The van der Waals surface area contributed by atoms with E-state index < -0.39 is 4.92 Å². The molecule has 0 heterocycles. The highest BCUT2D eigenvalue weighted by Crippen LogP contribution is 2.14. The lowest BCUT2D eigenvalue weighted by Crippen LogP contribution is -1.87. The number of nitrogens with zero attached hydrogens (tertiary/aromatic N) is 1. The molecule has 1 aromatic carbocycles. The fraction of sp³-hybridized carbons (Fsp3) is 0.182. The summed E-state index contributed by atoms with van der Waals surface area (Å²) in [6, 6.07) is 6.36. The van der Waals surface area contributed by atoms with Gasteiger partial charge in [-0.3, -0.25) is 14.9 Å². The molecule has 1 aromatic rings. The normalized spacial score (nSPS) is 10.6. The maximum atomic E-state index is 10.6. The lowest BCUT2D eigenvalue weighted by Gasteiger charge is -1.94. The minimum Gasteiger partial charge on any atom is -0.288 e. The van der Waals surface area contributed by atoms with Gasteiger partial charge in [0.1, 0.15) is 0 Å². The molecule has 0 fully saturated rings. The Labute approximate surface area is 97.5 Å². The van der Waals surface area contributed by atoms with Gasteiger partial charge < -0.3 is 0 Å². The van der Waals surface area contributed by atoms with Crippen LogP contribution in [0.4, 0.5) is 5.69 Å². The summed E-state index contributed by atoms with van der Waals surface area (Å²) in [7, 11) is 0. The molecule has 1 rings (SSSR count). The van der Waals surface area contributed by atoms with Crippen LogP contribution in [0.25, 0.3) is 6.08 Å². The fourth-order valence-corrected chi connectivity index (χ4v) is 1.52. The highest BCUT2D eigenvalue weighted by Gasteiger charge is 2.03. The molecule has 0 unspecified atom stereocenters. The Morgan fingerprint density at radius 3 is 2.94 bits per heavy atom. The second-order valence-corrected chi connectivity index (χ2v) is 4.25. The molecule has 0 aliphatic rings. The zero-order valence-corrected chi connectivity index (χ0v) is 9.57. The number of carbonyl (C=O) groups is 1. The molecular weight excluding hydrogens is 226 g/mol. The molecule has 0 saturated heterocycles. The molecule has 0 amide bonds. The molecule has 4 nitrogen and oxygen atoms in total. The van der Waals surface area contributed by atoms with Gasteiger partial charge in [0.15, 0.2) is 5.12 Å². The summed E-state index contributed by atoms with van der Waals surface area (Å²) in [6.45, 7) is 1.51. The monoisotopic (exact) mass is 237 g/mol. The van der Waals surface area contributed by atoms with Crippen molar-refractivity contribution in [2.75, 3.05) is 5.75 Å². The third kappa shape index (κ3) is 4.27. The topological polar surface area (TPSA) is 60.2 Å². The Hall–Kier alpha value is -1.62. The van der Waals surface area contributed by atoms with Crippen LogP contribution in [0.1, 0.15) is 12.5 Å². The maximum absolute atomic E-state index is 10.6. The SMILES string of the molecule is CC(=O)SCC=Cc1cccc([N+](=O)[O-])c1. The molecule has 0 aliphatic carbocycles. The van der Waals surface area contributed by atoms with E-state index in [4.69, 9.17) is 0 Å². The number of thioether (sulfide) groups is 1. The molecular formula is C11H11NO3S. The number of nitro benzene ring substituents is 1. The van der Waals surface area contributed by atoms with Gasteiger partial charge in [0.2, 0.25) is 0 Å². The van der Waals surface area contributed by atoms with Crippen molar-refractivity contribution in [3.63, 3.8) is 0 Å². The second-order valence-electron chi connectivity index (χ2n) is 3.06. The Bertz CT molecular complexity index is 429. The second kappa shape index (κ2) is 6.07. The standard InChI is InChI=1S/C11H11NO3S/c1-9(13)16-7-3-5-10-4-2-6-11(8-10)12(14)15/h2-6,8H,7H2,1H3. The average molecular weight is 237 g/mol. The van der Waals surface area contributed by atoms with Crippen LogP contribution in [0.5, 0.6) is 0 Å². The number of carbonyl (C=O) groups excluding carboxylic acids is 1. The lowest BCUT2D eigenvalue weighted by molar-refractivity contribution is -0.384. The maximum Gasteiger partial charge on any atom is 0.270 e. The first-order valence-corrected chi connectivity index (χ1v) is 5.62. The van der Waals surface area contributed by atoms with E-state index in [0.29, 0.717) is 5.75 Å². The van der Waals surface area contributed by atoms with Crippen LogP contribution in [-0.2, 0) is 4.79 Å². The Kier molecular flexibility index (Phi) is 4.72. The summed E-state index contributed by atoms with van der Waals surface area (Å²) in [4.78, 5) is 20.7. The summed E-state index contributed by atoms with van der Waals surface area (Å²) >= 11 is 1.20. The molecule has 0 atom stereocenters. The van der Waals surface area contributed by atoms with Crippen LogP contribution in [-0.4, -0.2) is 15.8 Å². The molecule has 5 heteroatoms. The minimum atomic E-state index is -0.429. The summed E-state index contributed by atoms with van der Waals surface area (Å²) in [5.41, 5.74) is 0.833. The molecule has 0 N–H and O–H groups in total. The van der Waals surface area contributed by atoms with Crippen LogP contribution in [0, 0.1) is 10.1 Å². The Balaban J connectivity index is 2.63. The highest BCUT2D eigenvalue weighted by molar-refractivity contribution is 8.13. The van der Waals surface area contributed by atoms with Gasteiger partial charge in [-0.15, -0.1) is 0 Å². The number of hydrogen-bond acceptors (Lipinski definition) is 4. The zero-order valence-electron chi connectivity index (χ0n) is 8.75. The summed E-state index contributed by atoms with van der Waals surface area (Å²) in [5.74, 6) is 0.581. The fourth-order valence-electron chi connectivity index (χ4n) is 1.09. The third-order valence-electron chi connectivity index (χ3n) is 1.77. The van der Waals surface area contributed by atoms with Crippen molar-refractivity contribution in [2.45, 2.75) is 6.92 Å². The average Bonchev–Trinajstić information content (AvgIpc) is 2.24. The zero-order chi connectivity index (χ0) is 12.0. The van der Waals surface area contributed by atoms with E-state index in [2.05, 4.69) is 0 Å². The quantitative estimate of drug-likeness (QED) is 0.596. The molecule has 0 spiro atoms. The molecule has 0 aromatic heterocycles. The van der Waals surface area contributed by atoms with Gasteiger partial charge in [-0.2, -0.15) is 0 Å². The van der Waals surface area contributed by atoms with Crippen LogP contribution in [0.2, 0.25) is 0 Å². The minimum absolute atomic E-state index is 0.0590. The summed E-state index contributed by atoms with van der Waals surface area (Å²) in [6.07, 6.45) is 3.58. The van der Waals surface area contributed by atoms with Gasteiger partial charge in [-0.25, -0.2) is 0 Å². The van der Waals surface area contributed by atoms with Crippen LogP contribution < -0.4 is 0 Å². The smallest absolute Gasteiger partial charge is 0.270 e. The number of benzene rings is 1. The number of hydrogen-bond donors (Lipinski definition) is 0. The van der Waals surface area contributed by atoms with Crippen molar-refractivity contribution in [2.24, 2.45) is 0 Å². The number of rotatable bonds is 4. The molecule has 16 heavy (non-hydrogen) atoms. The van der Waals surface area contributed by atoms with Crippen molar-refractivity contribution >= 4 is 28.6 Å². The van der Waals surface area contributed by atoms with Gasteiger partial charge in [0.25, 0.3) is 5.69 Å². The summed E-state index contributed by atoms with van der Waals surface area (Å²) < 4.78 is 0. The van der Waals surface area contributed by atoms with E-state index in [1.54, 1.807) is 18.2 Å². The highest BCUT2D eigenvalue weighted by atomic mass is 32.2. The molecule has 0 radical (unpaired) electrons. The van der Waals surface area contributed by atoms with Crippen molar-refractivity contribution in [3.8, 4) is 0 Å². The summed E-state index contributed by atoms with van der Waals surface area (Å²) in [5, 5.41) is 10.6. The van der Waals surface area contributed by atoms with Gasteiger partial charge in [0, 0.05) is 24.8 Å². The van der Waals surface area contributed by atoms with Gasteiger partial charge in [-0.1, -0.05) is 36.0 Å². The third-order valence-corrected chi connectivity index (χ3v) is 2.54. The first-order valence-electron chi connectivity index (χ1n) is 4.64. The van der Waals surface area contributed by atoms with Gasteiger partial charge >= 0.3 is 0 Å². The largest absolute Gasteiger partial charge is 0.288 e. The van der Waals surface area contributed by atoms with Crippen molar-refractivity contribution in [3.05, 3.63) is 46.0 Å². The van der Waals surface area contributed by atoms with Crippen molar-refractivity contribution in [1.29, 1.82) is 0 Å². The van der Waals surface area contributed by atoms with Crippen molar-refractivity contribution in [1.82, 2.24) is 0 Å².